The van der Waals surface area contributed by atoms with E-state index < -0.39 is 17.7 Å². The van der Waals surface area contributed by atoms with Gasteiger partial charge in [0.2, 0.25) is 5.13 Å². The Morgan fingerprint density at radius 1 is 1.07 bits per heavy atom. The van der Waals surface area contributed by atoms with Crippen LogP contribution in [0.4, 0.5) is 5.13 Å². The van der Waals surface area contributed by atoms with E-state index in [0.717, 1.165) is 12.0 Å². The third-order valence-corrected chi connectivity index (χ3v) is 9.78. The molecule has 3 heterocycles. The van der Waals surface area contributed by atoms with Crippen LogP contribution in [0.5, 0.6) is 17.2 Å². The number of anilines is 1. The van der Waals surface area contributed by atoms with Crippen LogP contribution in [-0.2, 0) is 15.3 Å². The number of carbonyl (C=O) groups is 2. The smallest absolute Gasteiger partial charge is 0.301 e. The fourth-order valence-electron chi connectivity index (χ4n) is 4.99. The summed E-state index contributed by atoms with van der Waals surface area (Å²) in [4.78, 5) is 28.7. The largest absolute Gasteiger partial charge is 0.507 e. The molecule has 12 heteroatoms. The molecule has 1 amide bonds. The monoisotopic (exact) mass is 663 g/mol. The molecule has 1 unspecified atom stereocenters. The molecule has 1 atom stereocenters. The zero-order chi connectivity index (χ0) is 31.5. The van der Waals surface area contributed by atoms with Crippen LogP contribution in [0, 0.1) is 5.92 Å². The lowest BCUT2D eigenvalue weighted by Gasteiger charge is -2.23. The highest BCUT2D eigenvalue weighted by Crippen LogP contribution is 2.45. The van der Waals surface area contributed by atoms with Gasteiger partial charge in [-0.3, -0.25) is 14.5 Å². The summed E-state index contributed by atoms with van der Waals surface area (Å²) in [5.41, 5.74) is 1.77. The van der Waals surface area contributed by atoms with Crippen LogP contribution >= 0.6 is 34.7 Å². The molecule has 45 heavy (non-hydrogen) atoms. The van der Waals surface area contributed by atoms with Crippen molar-refractivity contribution in [1.29, 1.82) is 0 Å². The first-order valence-corrected chi connectivity index (χ1v) is 16.6. The Hall–Kier alpha value is -4.06. The molecule has 9 nitrogen and oxygen atoms in total. The molecule has 4 aromatic rings. The summed E-state index contributed by atoms with van der Waals surface area (Å²) in [5, 5.41) is 21.1. The van der Waals surface area contributed by atoms with E-state index in [2.05, 4.69) is 24.0 Å². The summed E-state index contributed by atoms with van der Waals surface area (Å²) in [6.07, 6.45) is 0.867. The summed E-state index contributed by atoms with van der Waals surface area (Å²) in [6, 6.07) is 18.7. The van der Waals surface area contributed by atoms with E-state index in [-0.39, 0.29) is 16.5 Å². The van der Waals surface area contributed by atoms with Gasteiger partial charge in [-0.15, -0.1) is 10.2 Å². The number of amides is 1. The predicted molar refractivity (Wildman–Crippen MR) is 175 cm³/mol. The van der Waals surface area contributed by atoms with E-state index in [1.54, 1.807) is 36.4 Å². The topological polar surface area (TPSA) is 111 Å². The molecule has 0 bridgehead atoms. The normalized spacial score (nSPS) is 17.2. The molecule has 2 aliphatic rings. The number of aliphatic hydroxyl groups excluding tert-OH is 1. The molecular formula is C33H30ClN3O6S2. The van der Waals surface area contributed by atoms with E-state index in [4.69, 9.17) is 25.8 Å². The number of thioether (sulfide) groups is 1. The molecule has 2 aliphatic heterocycles. The Kier molecular flexibility index (Phi) is 9.29. The lowest BCUT2D eigenvalue weighted by Crippen LogP contribution is -2.29. The number of rotatable bonds is 10. The highest BCUT2D eigenvalue weighted by atomic mass is 35.5. The third-order valence-electron chi connectivity index (χ3n) is 7.31. The first-order valence-electron chi connectivity index (χ1n) is 14.4. The lowest BCUT2D eigenvalue weighted by atomic mass is 9.95. The van der Waals surface area contributed by atoms with Gasteiger partial charge in [-0.2, -0.15) is 0 Å². The number of ether oxygens (including phenoxy) is 3. The summed E-state index contributed by atoms with van der Waals surface area (Å²) < 4.78 is 17.9. The number of fused-ring (bicyclic) bond motifs is 1. The fraction of sp³-hybridized carbons (Fsp3) is 0.273. The quantitative estimate of drug-likeness (QED) is 0.0614. The number of carbonyl (C=O) groups excluding carboxylic acids is 2. The zero-order valence-corrected chi connectivity index (χ0v) is 27.0. The number of Topliss-reactive ketones (excluding diaryl/α,β-unsaturated/α-hetero) is 1. The Morgan fingerprint density at radius 3 is 2.67 bits per heavy atom. The van der Waals surface area contributed by atoms with E-state index >= 15 is 0 Å². The molecule has 6 rings (SSSR count). The van der Waals surface area contributed by atoms with Gasteiger partial charge >= 0.3 is 5.91 Å². The van der Waals surface area contributed by atoms with Crippen LogP contribution in [0.3, 0.4) is 0 Å². The molecule has 3 aromatic carbocycles. The first-order chi connectivity index (χ1) is 21.8. The maximum Gasteiger partial charge on any atom is 0.301 e. The maximum absolute atomic E-state index is 13.7. The summed E-state index contributed by atoms with van der Waals surface area (Å²) >= 11 is 8.94. The van der Waals surface area contributed by atoms with Gasteiger partial charge in [0.05, 0.1) is 18.2 Å². The SMILES string of the molecule is CC(C)CCOc1cccc(C2/C(=C(/O)c3ccc4c(c3)OCCO4)C(=O)C(=O)N2c2nnc(SCc3ccccc3Cl)s2)c1. The minimum absolute atomic E-state index is 0.0727. The zero-order valence-electron chi connectivity index (χ0n) is 24.6. The van der Waals surface area contributed by atoms with E-state index in [1.165, 1.54) is 28.0 Å². The van der Waals surface area contributed by atoms with Crippen molar-refractivity contribution in [3.8, 4) is 17.2 Å². The molecule has 1 fully saturated rings. The van der Waals surface area contributed by atoms with E-state index in [1.807, 2.05) is 30.3 Å². The number of aromatic nitrogens is 2. The molecule has 0 aliphatic carbocycles. The summed E-state index contributed by atoms with van der Waals surface area (Å²) in [7, 11) is 0. The van der Waals surface area contributed by atoms with Crippen LogP contribution in [0.1, 0.15) is 43.0 Å². The van der Waals surface area contributed by atoms with E-state index in [9.17, 15) is 14.7 Å². The Morgan fingerprint density at radius 2 is 1.87 bits per heavy atom. The van der Waals surface area contributed by atoms with Crippen LogP contribution in [0.25, 0.3) is 5.76 Å². The number of benzene rings is 3. The standard InChI is InChI=1S/C33H30ClN3O6S2/c1-19(2)12-13-41-23-8-5-7-20(16-23)28-27(29(38)21-10-11-25-26(17-21)43-15-14-42-25)30(39)31(40)37(28)32-35-36-33(45-32)44-18-22-6-3-4-9-24(22)34/h3-11,16-17,19,28,38H,12-15,18H2,1-2H3/b29-27-. The van der Waals surface area contributed by atoms with Crippen molar-refractivity contribution in [2.24, 2.45) is 5.92 Å². The minimum atomic E-state index is -0.985. The van der Waals surface area contributed by atoms with Gasteiger partial charge in [0.1, 0.15) is 24.7 Å². The average Bonchev–Trinajstić information content (AvgIpc) is 3.61. The maximum atomic E-state index is 13.7. The second kappa shape index (κ2) is 13.5. The van der Waals surface area contributed by atoms with Crippen LogP contribution in [0.2, 0.25) is 5.02 Å². The summed E-state index contributed by atoms with van der Waals surface area (Å²) in [6.45, 7) is 5.53. The van der Waals surface area contributed by atoms with Crippen molar-refractivity contribution in [3.63, 3.8) is 0 Å². The Balaban J connectivity index is 1.38. The van der Waals surface area contributed by atoms with E-state index in [0.29, 0.717) is 69.2 Å². The second-order valence-corrected chi connectivity index (χ2v) is 13.4. The first kappa shape index (κ1) is 30.9. The van der Waals surface area contributed by atoms with Crippen molar-refractivity contribution in [2.45, 2.75) is 36.4 Å². The molecular weight excluding hydrogens is 634 g/mol. The Bertz CT molecular complexity index is 1770. The Labute approximate surface area is 273 Å². The molecule has 0 saturated carbocycles. The number of ketones is 1. The molecule has 1 aromatic heterocycles. The fourth-order valence-corrected chi connectivity index (χ4v) is 7.14. The summed E-state index contributed by atoms with van der Waals surface area (Å²) in [5.74, 6) is 0.610. The number of aliphatic hydroxyl groups is 1. The molecule has 1 N–H and O–H groups in total. The van der Waals surface area contributed by atoms with Crippen molar-refractivity contribution >= 4 is 57.3 Å². The van der Waals surface area contributed by atoms with Gasteiger partial charge in [0.25, 0.3) is 5.78 Å². The van der Waals surface area contributed by atoms with Crippen LogP contribution in [0.15, 0.2) is 76.6 Å². The van der Waals surface area contributed by atoms with Gasteiger partial charge in [-0.05, 0) is 59.9 Å². The van der Waals surface area contributed by atoms with Crippen molar-refractivity contribution < 1.29 is 28.9 Å². The third kappa shape index (κ3) is 6.66. The van der Waals surface area contributed by atoms with Gasteiger partial charge in [-0.1, -0.05) is 78.9 Å². The second-order valence-electron chi connectivity index (χ2n) is 10.9. The predicted octanol–water partition coefficient (Wildman–Crippen LogP) is 7.31. The van der Waals surface area contributed by atoms with Gasteiger partial charge in [0, 0.05) is 16.3 Å². The number of halogens is 1. The minimum Gasteiger partial charge on any atom is -0.507 e. The highest BCUT2D eigenvalue weighted by molar-refractivity contribution is 8.00. The lowest BCUT2D eigenvalue weighted by molar-refractivity contribution is -0.132. The molecule has 0 spiro atoms. The van der Waals surface area contributed by atoms with Gasteiger partial charge in [0.15, 0.2) is 15.8 Å². The van der Waals surface area contributed by atoms with Crippen molar-refractivity contribution in [1.82, 2.24) is 10.2 Å². The van der Waals surface area contributed by atoms with Crippen LogP contribution < -0.4 is 19.1 Å². The molecule has 232 valence electrons. The van der Waals surface area contributed by atoms with Crippen LogP contribution in [-0.4, -0.2) is 46.8 Å². The number of hydrogen-bond acceptors (Lipinski definition) is 10. The molecule has 0 radical (unpaired) electrons. The number of nitrogens with zero attached hydrogens (tertiary/aromatic N) is 3. The average molecular weight is 664 g/mol. The van der Waals surface area contributed by atoms with Gasteiger partial charge < -0.3 is 19.3 Å². The van der Waals surface area contributed by atoms with Crippen molar-refractivity contribution in [2.75, 3.05) is 24.7 Å². The van der Waals surface area contributed by atoms with Gasteiger partial charge in [-0.25, -0.2) is 0 Å². The highest BCUT2D eigenvalue weighted by Gasteiger charge is 2.48. The van der Waals surface area contributed by atoms with Crippen molar-refractivity contribution in [3.05, 3.63) is 94.0 Å². The molecule has 1 saturated heterocycles. The number of hydrogen-bond donors (Lipinski definition) is 1.